The van der Waals surface area contributed by atoms with Crippen LogP contribution in [0.4, 0.5) is 4.39 Å². The molecule has 0 unspecified atom stereocenters. The lowest BCUT2D eigenvalue weighted by atomic mass is 10.1. The van der Waals surface area contributed by atoms with Gasteiger partial charge in [-0.25, -0.2) is 4.39 Å². The SMILES string of the molecule is Cc1cc(F)ccc1CCNCCOC(C)(C)C. The van der Waals surface area contributed by atoms with Gasteiger partial charge in [0.15, 0.2) is 0 Å². The molecule has 0 saturated heterocycles. The number of hydrogen-bond acceptors (Lipinski definition) is 2. The van der Waals surface area contributed by atoms with E-state index < -0.39 is 0 Å². The van der Waals surface area contributed by atoms with Crippen LogP contribution in [-0.4, -0.2) is 25.3 Å². The molecule has 0 amide bonds. The van der Waals surface area contributed by atoms with Crippen LogP contribution < -0.4 is 5.32 Å². The molecule has 0 aromatic heterocycles. The predicted octanol–water partition coefficient (Wildman–Crippen LogP) is 3.08. The maximum absolute atomic E-state index is 12.9. The molecule has 2 nitrogen and oxygen atoms in total. The lowest BCUT2D eigenvalue weighted by Crippen LogP contribution is -2.27. The van der Waals surface area contributed by atoms with Gasteiger partial charge in [0.1, 0.15) is 5.82 Å². The number of benzene rings is 1. The van der Waals surface area contributed by atoms with Crippen molar-refractivity contribution < 1.29 is 9.13 Å². The van der Waals surface area contributed by atoms with E-state index in [1.54, 1.807) is 6.07 Å². The van der Waals surface area contributed by atoms with Gasteiger partial charge in [-0.05, 0) is 63.9 Å². The molecule has 102 valence electrons. The van der Waals surface area contributed by atoms with Gasteiger partial charge in [0.25, 0.3) is 0 Å². The molecular formula is C15H24FNO. The third-order valence-electron chi connectivity index (χ3n) is 2.69. The summed E-state index contributed by atoms with van der Waals surface area (Å²) in [6, 6.07) is 4.96. The van der Waals surface area contributed by atoms with Crippen molar-refractivity contribution in [3.05, 3.63) is 35.1 Å². The minimum Gasteiger partial charge on any atom is -0.375 e. The standard InChI is InChI=1S/C15H24FNO/c1-12-11-14(16)6-5-13(12)7-8-17-9-10-18-15(2,3)4/h5-6,11,17H,7-10H2,1-4H3. The molecule has 0 heterocycles. The molecule has 0 saturated carbocycles. The number of halogens is 1. The number of rotatable bonds is 6. The number of nitrogens with one attached hydrogen (secondary N) is 1. The minimum atomic E-state index is -0.164. The Hall–Kier alpha value is -0.930. The highest BCUT2D eigenvalue weighted by Gasteiger charge is 2.08. The zero-order valence-corrected chi connectivity index (χ0v) is 11.8. The van der Waals surface area contributed by atoms with Gasteiger partial charge in [-0.15, -0.1) is 0 Å². The third-order valence-corrected chi connectivity index (χ3v) is 2.69. The van der Waals surface area contributed by atoms with Gasteiger partial charge in [0, 0.05) is 6.54 Å². The maximum Gasteiger partial charge on any atom is 0.123 e. The van der Waals surface area contributed by atoms with Gasteiger partial charge in [0.2, 0.25) is 0 Å². The van der Waals surface area contributed by atoms with Crippen molar-refractivity contribution in [1.29, 1.82) is 0 Å². The first-order valence-electron chi connectivity index (χ1n) is 6.48. The van der Waals surface area contributed by atoms with E-state index in [-0.39, 0.29) is 11.4 Å². The van der Waals surface area contributed by atoms with Crippen LogP contribution in [0.2, 0.25) is 0 Å². The van der Waals surface area contributed by atoms with Gasteiger partial charge >= 0.3 is 0 Å². The summed E-state index contributed by atoms with van der Waals surface area (Å²) in [7, 11) is 0. The second-order valence-corrected chi connectivity index (χ2v) is 5.53. The van der Waals surface area contributed by atoms with Crippen molar-refractivity contribution in [2.75, 3.05) is 19.7 Å². The smallest absolute Gasteiger partial charge is 0.123 e. The summed E-state index contributed by atoms with van der Waals surface area (Å²) in [5.74, 6) is -0.164. The van der Waals surface area contributed by atoms with Crippen LogP contribution in [0, 0.1) is 12.7 Å². The van der Waals surface area contributed by atoms with Crippen molar-refractivity contribution in [3.63, 3.8) is 0 Å². The number of hydrogen-bond donors (Lipinski definition) is 1. The maximum atomic E-state index is 12.9. The van der Waals surface area contributed by atoms with Crippen LogP contribution in [0.1, 0.15) is 31.9 Å². The van der Waals surface area contributed by atoms with Gasteiger partial charge in [-0.2, -0.15) is 0 Å². The molecule has 0 aliphatic rings. The molecule has 1 aromatic carbocycles. The molecule has 0 spiro atoms. The Balaban J connectivity index is 2.18. The number of aryl methyl sites for hydroxylation is 1. The highest BCUT2D eigenvalue weighted by Crippen LogP contribution is 2.10. The first-order valence-corrected chi connectivity index (χ1v) is 6.48. The first kappa shape index (κ1) is 15.1. The fourth-order valence-corrected chi connectivity index (χ4v) is 1.72. The summed E-state index contributed by atoms with van der Waals surface area (Å²) in [6.45, 7) is 10.5. The summed E-state index contributed by atoms with van der Waals surface area (Å²) in [6.07, 6.45) is 0.918. The van der Waals surface area contributed by atoms with Crippen molar-refractivity contribution in [2.45, 2.75) is 39.7 Å². The Kier molecular flexibility index (Phi) is 5.76. The molecule has 0 atom stereocenters. The largest absolute Gasteiger partial charge is 0.375 e. The van der Waals surface area contributed by atoms with E-state index in [0.29, 0.717) is 6.61 Å². The lowest BCUT2D eigenvalue weighted by Gasteiger charge is -2.19. The second-order valence-electron chi connectivity index (χ2n) is 5.53. The molecule has 0 aliphatic carbocycles. The fourth-order valence-electron chi connectivity index (χ4n) is 1.72. The molecule has 1 rings (SSSR count). The van der Waals surface area contributed by atoms with E-state index >= 15 is 0 Å². The summed E-state index contributed by atoms with van der Waals surface area (Å²) < 4.78 is 18.5. The molecule has 0 fully saturated rings. The van der Waals surface area contributed by atoms with Crippen LogP contribution in [0.5, 0.6) is 0 Å². The van der Waals surface area contributed by atoms with Gasteiger partial charge in [0.05, 0.1) is 12.2 Å². The van der Waals surface area contributed by atoms with E-state index in [1.165, 1.54) is 11.6 Å². The Bertz CT molecular complexity index is 371. The Morgan fingerprint density at radius 2 is 1.94 bits per heavy atom. The number of ether oxygens (including phenoxy) is 1. The van der Waals surface area contributed by atoms with Crippen LogP contribution in [-0.2, 0) is 11.2 Å². The molecule has 18 heavy (non-hydrogen) atoms. The average molecular weight is 253 g/mol. The zero-order valence-electron chi connectivity index (χ0n) is 11.8. The summed E-state index contributed by atoms with van der Waals surface area (Å²) in [5.41, 5.74) is 2.14. The monoisotopic (exact) mass is 253 g/mol. The van der Waals surface area contributed by atoms with E-state index in [2.05, 4.69) is 26.1 Å². The highest BCUT2D eigenvalue weighted by molar-refractivity contribution is 5.26. The zero-order chi connectivity index (χ0) is 13.6. The molecular weight excluding hydrogens is 229 g/mol. The van der Waals surface area contributed by atoms with E-state index in [0.717, 1.165) is 25.1 Å². The molecule has 1 N–H and O–H groups in total. The van der Waals surface area contributed by atoms with Crippen molar-refractivity contribution in [3.8, 4) is 0 Å². The first-order chi connectivity index (χ1) is 8.38. The van der Waals surface area contributed by atoms with E-state index in [9.17, 15) is 4.39 Å². The molecule has 0 radical (unpaired) electrons. The van der Waals surface area contributed by atoms with Crippen molar-refractivity contribution >= 4 is 0 Å². The highest BCUT2D eigenvalue weighted by atomic mass is 19.1. The summed E-state index contributed by atoms with van der Waals surface area (Å²) in [4.78, 5) is 0. The van der Waals surface area contributed by atoms with Gasteiger partial charge in [-0.1, -0.05) is 6.07 Å². The molecule has 1 aromatic rings. The quantitative estimate of drug-likeness (QED) is 0.787. The molecule has 0 bridgehead atoms. The second kappa shape index (κ2) is 6.86. The predicted molar refractivity (Wildman–Crippen MR) is 73.4 cm³/mol. The lowest BCUT2D eigenvalue weighted by molar-refractivity contribution is -0.000710. The van der Waals surface area contributed by atoms with Gasteiger partial charge in [-0.3, -0.25) is 0 Å². The van der Waals surface area contributed by atoms with Crippen LogP contribution in [0.15, 0.2) is 18.2 Å². The topological polar surface area (TPSA) is 21.3 Å². The fraction of sp³-hybridized carbons (Fsp3) is 0.600. The van der Waals surface area contributed by atoms with Crippen molar-refractivity contribution in [2.24, 2.45) is 0 Å². The van der Waals surface area contributed by atoms with Crippen LogP contribution in [0.3, 0.4) is 0 Å². The molecule has 3 heteroatoms. The van der Waals surface area contributed by atoms with E-state index in [4.69, 9.17) is 4.74 Å². The normalized spacial score (nSPS) is 11.8. The van der Waals surface area contributed by atoms with Gasteiger partial charge < -0.3 is 10.1 Å². The minimum absolute atomic E-state index is 0.0742. The Labute approximate surface area is 110 Å². The van der Waals surface area contributed by atoms with Crippen molar-refractivity contribution in [1.82, 2.24) is 5.32 Å². The average Bonchev–Trinajstić information content (AvgIpc) is 2.24. The summed E-state index contributed by atoms with van der Waals surface area (Å²) in [5, 5.41) is 3.33. The Morgan fingerprint density at radius 3 is 2.56 bits per heavy atom. The third kappa shape index (κ3) is 6.12. The van der Waals surface area contributed by atoms with Crippen LogP contribution in [0.25, 0.3) is 0 Å². The molecule has 0 aliphatic heterocycles. The van der Waals surface area contributed by atoms with E-state index in [1.807, 2.05) is 13.0 Å². The Morgan fingerprint density at radius 1 is 1.22 bits per heavy atom. The van der Waals surface area contributed by atoms with Crippen LogP contribution >= 0.6 is 0 Å². The summed E-state index contributed by atoms with van der Waals surface area (Å²) >= 11 is 0.